The fourth-order valence-electron chi connectivity index (χ4n) is 5.01. The number of carbonyl (C=O) groups is 1. The van der Waals surface area contributed by atoms with Gasteiger partial charge in [0.25, 0.3) is 0 Å². The van der Waals surface area contributed by atoms with E-state index in [0.29, 0.717) is 53.6 Å². The van der Waals surface area contributed by atoms with Gasteiger partial charge in [0.15, 0.2) is 0 Å². The summed E-state index contributed by atoms with van der Waals surface area (Å²) in [5.74, 6) is 2.00. The van der Waals surface area contributed by atoms with E-state index in [1.165, 1.54) is 4.90 Å². The summed E-state index contributed by atoms with van der Waals surface area (Å²) >= 11 is 0. The molecular weight excluding hydrogens is 523 g/mol. The van der Waals surface area contributed by atoms with Gasteiger partial charge >= 0.3 is 6.18 Å². The van der Waals surface area contributed by atoms with E-state index >= 15 is 0 Å². The lowest BCUT2D eigenvalue weighted by Crippen LogP contribution is -2.49. The first-order valence-electron chi connectivity index (χ1n) is 13.3. The second-order valence-electron chi connectivity index (χ2n) is 10.2. The molecule has 0 unspecified atom stereocenters. The number of hydrogen-bond acceptors (Lipinski definition) is 7. The van der Waals surface area contributed by atoms with Crippen LogP contribution in [0, 0.1) is 12.8 Å². The molecule has 2 aromatic heterocycles. The molecule has 3 aromatic rings. The minimum Gasteiger partial charge on any atom is -0.497 e. The van der Waals surface area contributed by atoms with E-state index in [4.69, 9.17) is 9.47 Å². The van der Waals surface area contributed by atoms with E-state index in [9.17, 15) is 18.0 Å². The molecular formula is C29H32F3N5O3. The highest BCUT2D eigenvalue weighted by Crippen LogP contribution is 2.38. The topological polar surface area (TPSA) is 88.6 Å². The van der Waals surface area contributed by atoms with Crippen LogP contribution in [0.5, 0.6) is 17.4 Å². The van der Waals surface area contributed by atoms with E-state index in [1.807, 2.05) is 6.92 Å². The molecule has 2 aliphatic heterocycles. The molecule has 1 atom stereocenters. The largest absolute Gasteiger partial charge is 0.497 e. The number of nitrogens with zero attached hydrogens (tertiary/aromatic N) is 3. The third-order valence-corrected chi connectivity index (χ3v) is 7.27. The molecule has 212 valence electrons. The summed E-state index contributed by atoms with van der Waals surface area (Å²) in [7, 11) is 1.56. The minimum atomic E-state index is -4.39. The Hall–Kier alpha value is -3.86. The number of anilines is 2. The fourth-order valence-corrected chi connectivity index (χ4v) is 5.01. The van der Waals surface area contributed by atoms with Crippen molar-refractivity contribution in [3.8, 4) is 28.5 Å². The van der Waals surface area contributed by atoms with Crippen LogP contribution in [0.1, 0.15) is 31.2 Å². The normalized spacial score (nSPS) is 17.7. The van der Waals surface area contributed by atoms with Crippen molar-refractivity contribution in [3.63, 3.8) is 0 Å². The van der Waals surface area contributed by atoms with Crippen LogP contribution in [0.4, 0.5) is 24.8 Å². The predicted molar refractivity (Wildman–Crippen MR) is 146 cm³/mol. The van der Waals surface area contributed by atoms with E-state index in [0.717, 1.165) is 18.7 Å². The number of rotatable bonds is 8. The third-order valence-electron chi connectivity index (χ3n) is 7.27. The van der Waals surface area contributed by atoms with Gasteiger partial charge in [0.2, 0.25) is 11.8 Å². The van der Waals surface area contributed by atoms with Crippen LogP contribution in [0.15, 0.2) is 48.7 Å². The van der Waals surface area contributed by atoms with Crippen LogP contribution in [0.2, 0.25) is 0 Å². The Kier molecular flexibility index (Phi) is 8.11. The Morgan fingerprint density at radius 3 is 2.55 bits per heavy atom. The summed E-state index contributed by atoms with van der Waals surface area (Å²) in [4.78, 5) is 22.7. The number of aromatic nitrogens is 2. The van der Waals surface area contributed by atoms with E-state index in [2.05, 4.69) is 20.6 Å². The number of piperidine rings is 1. The molecule has 0 spiro atoms. The maximum atomic E-state index is 14.0. The minimum absolute atomic E-state index is 0.00502. The van der Waals surface area contributed by atoms with Crippen molar-refractivity contribution < 1.29 is 27.4 Å². The SMILES string of the molecule is COc1ccc(Oc2cc(-c3cc(NC(=O)CC4CNC4)ncc3C)cc(N3CCCC[C@@H]3C(F)(F)F)n2)cc1. The van der Waals surface area contributed by atoms with Crippen molar-refractivity contribution in [1.29, 1.82) is 0 Å². The molecule has 5 rings (SSSR count). The van der Waals surface area contributed by atoms with Gasteiger partial charge in [-0.05, 0) is 98.3 Å². The lowest BCUT2D eigenvalue weighted by molar-refractivity contribution is -0.152. The Labute approximate surface area is 230 Å². The highest BCUT2D eigenvalue weighted by molar-refractivity contribution is 5.91. The van der Waals surface area contributed by atoms with E-state index < -0.39 is 12.2 Å². The molecule has 0 radical (unpaired) electrons. The van der Waals surface area contributed by atoms with Crippen LogP contribution < -0.4 is 25.0 Å². The first-order chi connectivity index (χ1) is 19.2. The quantitative estimate of drug-likeness (QED) is 0.368. The van der Waals surface area contributed by atoms with Gasteiger partial charge in [0.05, 0.1) is 7.11 Å². The first-order valence-corrected chi connectivity index (χ1v) is 13.3. The van der Waals surface area contributed by atoms with Crippen LogP contribution in [-0.2, 0) is 4.79 Å². The number of amides is 1. The molecule has 1 aromatic carbocycles. The molecule has 0 saturated carbocycles. The Balaban J connectivity index is 1.51. The summed E-state index contributed by atoms with van der Waals surface area (Å²) in [5, 5.41) is 6.00. The number of pyridine rings is 2. The number of nitrogens with one attached hydrogen (secondary N) is 2. The van der Waals surface area contributed by atoms with Gasteiger partial charge in [-0.1, -0.05) is 0 Å². The number of halogens is 3. The lowest BCUT2D eigenvalue weighted by Gasteiger charge is -2.37. The molecule has 1 amide bonds. The number of ether oxygens (including phenoxy) is 2. The van der Waals surface area contributed by atoms with E-state index in [-0.39, 0.29) is 30.6 Å². The van der Waals surface area contributed by atoms with Crippen molar-refractivity contribution in [1.82, 2.24) is 15.3 Å². The van der Waals surface area contributed by atoms with Crippen LogP contribution >= 0.6 is 0 Å². The van der Waals surface area contributed by atoms with Gasteiger partial charge in [-0.25, -0.2) is 4.98 Å². The average Bonchev–Trinajstić information content (AvgIpc) is 2.91. The Morgan fingerprint density at radius 2 is 1.88 bits per heavy atom. The van der Waals surface area contributed by atoms with Crippen molar-refractivity contribution in [3.05, 3.63) is 54.2 Å². The molecule has 4 heterocycles. The van der Waals surface area contributed by atoms with Crippen molar-refractivity contribution in [2.45, 2.75) is 44.8 Å². The zero-order valence-corrected chi connectivity index (χ0v) is 22.4. The number of carbonyl (C=O) groups excluding carboxylic acids is 1. The second-order valence-corrected chi connectivity index (χ2v) is 10.2. The summed E-state index contributed by atoms with van der Waals surface area (Å²) in [5.41, 5.74) is 2.11. The summed E-state index contributed by atoms with van der Waals surface area (Å²) in [6.07, 6.45) is -1.22. The number of hydrogen-bond donors (Lipinski definition) is 2. The molecule has 40 heavy (non-hydrogen) atoms. The molecule has 2 aliphatic rings. The van der Waals surface area contributed by atoms with Crippen LogP contribution in [0.25, 0.3) is 11.1 Å². The maximum Gasteiger partial charge on any atom is 0.408 e. The Morgan fingerprint density at radius 1 is 1.12 bits per heavy atom. The van der Waals surface area contributed by atoms with Crippen molar-refractivity contribution in [2.24, 2.45) is 5.92 Å². The monoisotopic (exact) mass is 555 g/mol. The van der Waals surface area contributed by atoms with Gasteiger partial charge in [0.1, 0.15) is 29.2 Å². The van der Waals surface area contributed by atoms with Gasteiger partial charge in [-0.15, -0.1) is 0 Å². The molecule has 2 fully saturated rings. The number of methoxy groups -OCH3 is 1. The average molecular weight is 556 g/mol. The van der Waals surface area contributed by atoms with Gasteiger partial charge in [-0.3, -0.25) is 4.79 Å². The van der Waals surface area contributed by atoms with Crippen molar-refractivity contribution in [2.75, 3.05) is 37.0 Å². The molecule has 8 nitrogen and oxygen atoms in total. The number of benzene rings is 1. The standard InChI is InChI=1S/C29H32F3N5O3/c1-18-15-34-25(35-27(38)11-19-16-33-17-19)14-23(18)20-12-26(37-10-4-3-5-24(37)29(30,31)32)36-28(13-20)40-22-8-6-21(39-2)7-9-22/h6-9,12-15,19,24,33H,3-5,10-11,16-17H2,1-2H3,(H,34,35,38)/t24-/m1/s1. The highest BCUT2D eigenvalue weighted by atomic mass is 19.4. The first kappa shape index (κ1) is 27.7. The van der Waals surface area contributed by atoms with Crippen molar-refractivity contribution >= 4 is 17.5 Å². The van der Waals surface area contributed by atoms with Crippen LogP contribution in [0.3, 0.4) is 0 Å². The van der Waals surface area contributed by atoms with Gasteiger partial charge in [-0.2, -0.15) is 18.2 Å². The third kappa shape index (κ3) is 6.47. The van der Waals surface area contributed by atoms with Crippen LogP contribution in [-0.4, -0.2) is 54.8 Å². The highest BCUT2D eigenvalue weighted by Gasteiger charge is 2.45. The zero-order valence-electron chi connectivity index (χ0n) is 22.4. The summed E-state index contributed by atoms with van der Waals surface area (Å²) < 4.78 is 53.3. The zero-order chi connectivity index (χ0) is 28.3. The predicted octanol–water partition coefficient (Wildman–Crippen LogP) is 5.72. The molecule has 11 heteroatoms. The Bertz CT molecular complexity index is 1350. The summed E-state index contributed by atoms with van der Waals surface area (Å²) in [6, 6.07) is 10.3. The van der Waals surface area contributed by atoms with Gasteiger partial charge < -0.3 is 25.0 Å². The summed E-state index contributed by atoms with van der Waals surface area (Å²) in [6.45, 7) is 3.71. The fraction of sp³-hybridized carbons (Fsp3) is 0.414. The number of alkyl halides is 3. The van der Waals surface area contributed by atoms with Gasteiger partial charge in [0, 0.05) is 25.2 Å². The maximum absolute atomic E-state index is 14.0. The smallest absolute Gasteiger partial charge is 0.408 e. The lowest BCUT2D eigenvalue weighted by atomic mass is 9.99. The molecule has 2 N–H and O–H groups in total. The molecule has 0 aliphatic carbocycles. The number of aryl methyl sites for hydroxylation is 1. The molecule has 2 saturated heterocycles. The molecule has 0 bridgehead atoms. The van der Waals surface area contributed by atoms with E-state index in [1.54, 1.807) is 55.8 Å². The second kappa shape index (κ2) is 11.7.